The molecule has 1 aromatic rings. The SMILES string of the molecule is Cc1cccc(NC(=O)N2CC[C@H]3NC(=O)C[C@H]32)c1. The first-order valence-corrected chi connectivity index (χ1v) is 6.57. The summed E-state index contributed by atoms with van der Waals surface area (Å²) in [6.45, 7) is 2.69. The van der Waals surface area contributed by atoms with Crippen molar-refractivity contribution >= 4 is 17.6 Å². The normalized spacial score (nSPS) is 25.1. The fourth-order valence-electron chi connectivity index (χ4n) is 2.90. The molecule has 5 heteroatoms. The van der Waals surface area contributed by atoms with Gasteiger partial charge in [0, 0.05) is 18.7 Å². The summed E-state index contributed by atoms with van der Waals surface area (Å²) >= 11 is 0. The van der Waals surface area contributed by atoms with Crippen LogP contribution in [0.15, 0.2) is 24.3 Å². The van der Waals surface area contributed by atoms with Crippen molar-refractivity contribution in [2.24, 2.45) is 0 Å². The highest BCUT2D eigenvalue weighted by Crippen LogP contribution is 2.26. The monoisotopic (exact) mass is 259 g/mol. The Hall–Kier alpha value is -2.04. The molecule has 0 aromatic heterocycles. The van der Waals surface area contributed by atoms with E-state index in [-0.39, 0.29) is 24.0 Å². The number of urea groups is 1. The van der Waals surface area contributed by atoms with Gasteiger partial charge >= 0.3 is 6.03 Å². The summed E-state index contributed by atoms with van der Waals surface area (Å²) in [7, 11) is 0. The molecule has 2 aliphatic heterocycles. The van der Waals surface area contributed by atoms with Gasteiger partial charge in [-0.05, 0) is 31.0 Å². The molecule has 19 heavy (non-hydrogen) atoms. The summed E-state index contributed by atoms with van der Waals surface area (Å²) in [4.78, 5) is 25.4. The van der Waals surface area contributed by atoms with Crippen molar-refractivity contribution in [3.05, 3.63) is 29.8 Å². The number of carbonyl (C=O) groups is 2. The van der Waals surface area contributed by atoms with Crippen LogP contribution in [0.4, 0.5) is 10.5 Å². The van der Waals surface area contributed by atoms with Crippen LogP contribution in [0.25, 0.3) is 0 Å². The van der Waals surface area contributed by atoms with Crippen LogP contribution >= 0.6 is 0 Å². The lowest BCUT2D eigenvalue weighted by atomic mass is 10.1. The van der Waals surface area contributed by atoms with Crippen molar-refractivity contribution in [3.8, 4) is 0 Å². The van der Waals surface area contributed by atoms with Crippen LogP contribution in [0.5, 0.6) is 0 Å². The molecule has 2 heterocycles. The smallest absolute Gasteiger partial charge is 0.322 e. The van der Waals surface area contributed by atoms with Gasteiger partial charge in [0.1, 0.15) is 0 Å². The molecular formula is C14H17N3O2. The summed E-state index contributed by atoms with van der Waals surface area (Å²) in [5, 5.41) is 5.81. The van der Waals surface area contributed by atoms with Crippen molar-refractivity contribution < 1.29 is 9.59 Å². The highest BCUT2D eigenvalue weighted by Gasteiger charge is 2.43. The van der Waals surface area contributed by atoms with Gasteiger partial charge in [-0.15, -0.1) is 0 Å². The summed E-state index contributed by atoms with van der Waals surface area (Å²) in [5.41, 5.74) is 1.90. The number of nitrogens with one attached hydrogen (secondary N) is 2. The minimum atomic E-state index is -0.116. The average molecular weight is 259 g/mol. The van der Waals surface area contributed by atoms with E-state index in [4.69, 9.17) is 0 Å². The van der Waals surface area contributed by atoms with Gasteiger partial charge in [0.15, 0.2) is 0 Å². The molecule has 0 unspecified atom stereocenters. The van der Waals surface area contributed by atoms with Gasteiger partial charge in [-0.3, -0.25) is 4.79 Å². The number of hydrogen-bond donors (Lipinski definition) is 2. The van der Waals surface area contributed by atoms with Crippen LogP contribution in [0.3, 0.4) is 0 Å². The molecule has 0 spiro atoms. The van der Waals surface area contributed by atoms with Gasteiger partial charge in [-0.1, -0.05) is 12.1 Å². The van der Waals surface area contributed by atoms with Gasteiger partial charge in [-0.25, -0.2) is 4.79 Å². The standard InChI is InChI=1S/C14H17N3O2/c1-9-3-2-4-10(7-9)15-14(19)17-6-5-11-12(17)8-13(18)16-11/h2-4,7,11-12H,5-6,8H2,1H3,(H,15,19)(H,16,18)/t11-,12-/m1/s1. The number of anilines is 1. The second-order valence-electron chi connectivity index (χ2n) is 5.23. The third kappa shape index (κ3) is 2.28. The van der Waals surface area contributed by atoms with Crippen LogP contribution in [0.2, 0.25) is 0 Å². The lowest BCUT2D eigenvalue weighted by molar-refractivity contribution is -0.119. The number of benzene rings is 1. The minimum absolute atomic E-state index is 0.0114. The zero-order valence-corrected chi connectivity index (χ0v) is 10.8. The maximum absolute atomic E-state index is 12.3. The Kier molecular flexibility index (Phi) is 2.89. The van der Waals surface area contributed by atoms with Crippen molar-refractivity contribution in [1.82, 2.24) is 10.2 Å². The van der Waals surface area contributed by atoms with E-state index in [9.17, 15) is 9.59 Å². The lowest BCUT2D eigenvalue weighted by Gasteiger charge is -2.23. The van der Waals surface area contributed by atoms with E-state index < -0.39 is 0 Å². The Balaban J connectivity index is 1.69. The third-order valence-electron chi connectivity index (χ3n) is 3.82. The molecular weight excluding hydrogens is 242 g/mol. The van der Waals surface area contributed by atoms with Gasteiger partial charge in [-0.2, -0.15) is 0 Å². The molecule has 0 saturated carbocycles. The van der Waals surface area contributed by atoms with Crippen LogP contribution in [-0.4, -0.2) is 35.5 Å². The molecule has 100 valence electrons. The Morgan fingerprint density at radius 1 is 1.47 bits per heavy atom. The van der Waals surface area contributed by atoms with E-state index in [0.29, 0.717) is 13.0 Å². The van der Waals surface area contributed by atoms with E-state index in [0.717, 1.165) is 17.7 Å². The summed E-state index contributed by atoms with van der Waals surface area (Å²) in [5.74, 6) is 0.0445. The summed E-state index contributed by atoms with van der Waals surface area (Å²) in [6, 6.07) is 7.74. The number of amides is 3. The molecule has 2 saturated heterocycles. The molecule has 3 rings (SSSR count). The highest BCUT2D eigenvalue weighted by atomic mass is 16.2. The highest BCUT2D eigenvalue weighted by molar-refractivity contribution is 5.91. The Labute approximate surface area is 112 Å². The summed E-state index contributed by atoms with van der Waals surface area (Å²) in [6.07, 6.45) is 1.27. The number of rotatable bonds is 1. The number of fused-ring (bicyclic) bond motifs is 1. The first-order valence-electron chi connectivity index (χ1n) is 6.57. The second-order valence-corrected chi connectivity index (χ2v) is 5.23. The average Bonchev–Trinajstić information content (AvgIpc) is 2.87. The Morgan fingerprint density at radius 3 is 3.11 bits per heavy atom. The van der Waals surface area contributed by atoms with Crippen LogP contribution in [-0.2, 0) is 4.79 Å². The van der Waals surface area contributed by atoms with Crippen LogP contribution in [0, 0.1) is 6.92 Å². The molecule has 1 aromatic carbocycles. The molecule has 0 radical (unpaired) electrons. The predicted molar refractivity (Wildman–Crippen MR) is 71.9 cm³/mol. The number of carbonyl (C=O) groups excluding carboxylic acids is 2. The fourth-order valence-corrected chi connectivity index (χ4v) is 2.90. The van der Waals surface area contributed by atoms with E-state index in [1.54, 1.807) is 4.90 Å². The minimum Gasteiger partial charge on any atom is -0.351 e. The first kappa shape index (κ1) is 12.0. The number of aryl methyl sites for hydroxylation is 1. The van der Waals surface area contributed by atoms with Crippen LogP contribution < -0.4 is 10.6 Å². The third-order valence-corrected chi connectivity index (χ3v) is 3.82. The zero-order chi connectivity index (χ0) is 13.4. The first-order chi connectivity index (χ1) is 9.13. The quantitative estimate of drug-likeness (QED) is 0.802. The fraction of sp³-hybridized carbons (Fsp3) is 0.429. The van der Waals surface area contributed by atoms with Crippen molar-refractivity contribution in [2.45, 2.75) is 31.8 Å². The van der Waals surface area contributed by atoms with Gasteiger partial charge < -0.3 is 15.5 Å². The Morgan fingerprint density at radius 2 is 2.32 bits per heavy atom. The largest absolute Gasteiger partial charge is 0.351 e. The Bertz CT molecular complexity index is 529. The van der Waals surface area contributed by atoms with Crippen LogP contribution in [0.1, 0.15) is 18.4 Å². The van der Waals surface area contributed by atoms with Crippen molar-refractivity contribution in [2.75, 3.05) is 11.9 Å². The van der Waals surface area contributed by atoms with Gasteiger partial charge in [0.05, 0.1) is 12.1 Å². The topological polar surface area (TPSA) is 61.4 Å². The molecule has 3 amide bonds. The molecule has 0 aliphatic carbocycles. The maximum atomic E-state index is 12.3. The van der Waals surface area contributed by atoms with E-state index in [1.165, 1.54) is 0 Å². The molecule has 2 atom stereocenters. The van der Waals surface area contributed by atoms with Gasteiger partial charge in [0.2, 0.25) is 5.91 Å². The molecule has 2 fully saturated rings. The number of likely N-dealkylation sites (tertiary alicyclic amines) is 1. The van der Waals surface area contributed by atoms with Crippen molar-refractivity contribution in [1.29, 1.82) is 0 Å². The molecule has 2 aliphatic rings. The van der Waals surface area contributed by atoms with Crippen molar-refractivity contribution in [3.63, 3.8) is 0 Å². The predicted octanol–water partition coefficient (Wildman–Crippen LogP) is 1.49. The number of nitrogens with zero attached hydrogens (tertiary/aromatic N) is 1. The van der Waals surface area contributed by atoms with E-state index >= 15 is 0 Å². The second kappa shape index (κ2) is 4.57. The van der Waals surface area contributed by atoms with E-state index in [2.05, 4.69) is 10.6 Å². The van der Waals surface area contributed by atoms with E-state index in [1.807, 2.05) is 31.2 Å². The molecule has 2 N–H and O–H groups in total. The maximum Gasteiger partial charge on any atom is 0.322 e. The summed E-state index contributed by atoms with van der Waals surface area (Å²) < 4.78 is 0. The zero-order valence-electron chi connectivity index (χ0n) is 10.8. The molecule has 5 nitrogen and oxygen atoms in total. The molecule has 0 bridgehead atoms. The number of hydrogen-bond acceptors (Lipinski definition) is 2. The lowest BCUT2D eigenvalue weighted by Crippen LogP contribution is -2.41. The van der Waals surface area contributed by atoms with Gasteiger partial charge in [0.25, 0.3) is 0 Å².